The molecule has 0 saturated heterocycles. The molecule has 2 unspecified atom stereocenters. The van der Waals surface area contributed by atoms with Gasteiger partial charge in [-0.15, -0.1) is 0 Å². The molecule has 0 radical (unpaired) electrons. The van der Waals surface area contributed by atoms with Crippen molar-refractivity contribution < 1.29 is 0 Å². The summed E-state index contributed by atoms with van der Waals surface area (Å²) < 4.78 is 0. The minimum atomic E-state index is 0.182. The second-order valence-corrected chi connectivity index (χ2v) is 4.25. The van der Waals surface area contributed by atoms with Crippen LogP contribution in [0.1, 0.15) is 38.8 Å². The smallest absolute Gasteiger partial charge is 0.0325 e. The molecule has 1 aromatic rings. The highest BCUT2D eigenvalue weighted by Crippen LogP contribution is 2.28. The van der Waals surface area contributed by atoms with Crippen LogP contribution in [-0.4, -0.2) is 0 Å². The largest absolute Gasteiger partial charge is 0.324 e. The highest BCUT2D eigenvalue weighted by atomic mass is 14.7. The van der Waals surface area contributed by atoms with Gasteiger partial charge < -0.3 is 5.73 Å². The first kappa shape index (κ1) is 11.3. The lowest BCUT2D eigenvalue weighted by Crippen LogP contribution is -2.24. The lowest BCUT2D eigenvalue weighted by atomic mass is 9.83. The first-order chi connectivity index (χ1) is 6.66. The fourth-order valence-electron chi connectivity index (χ4n) is 2.06. The Labute approximate surface area is 87.3 Å². The van der Waals surface area contributed by atoms with Crippen LogP contribution in [0.3, 0.4) is 0 Å². The van der Waals surface area contributed by atoms with Crippen LogP contribution < -0.4 is 5.73 Å². The lowest BCUT2D eigenvalue weighted by Gasteiger charge is -2.26. The van der Waals surface area contributed by atoms with Gasteiger partial charge in [0, 0.05) is 6.04 Å². The zero-order valence-electron chi connectivity index (χ0n) is 9.40. The van der Waals surface area contributed by atoms with E-state index in [2.05, 4.69) is 45.0 Å². The van der Waals surface area contributed by atoms with Gasteiger partial charge in [-0.25, -0.2) is 0 Å². The average Bonchev–Trinajstić information content (AvgIpc) is 2.19. The predicted octanol–water partition coefficient (Wildman–Crippen LogP) is 3.37. The molecule has 0 heterocycles. The van der Waals surface area contributed by atoms with E-state index in [0.29, 0.717) is 11.8 Å². The molecule has 1 nitrogen and oxygen atoms in total. The van der Waals surface area contributed by atoms with Crippen LogP contribution in [0.25, 0.3) is 0 Å². The molecular weight excluding hydrogens is 170 g/mol. The Balaban J connectivity index is 2.78. The number of hydrogen-bond donors (Lipinski definition) is 1. The molecule has 0 aliphatic carbocycles. The van der Waals surface area contributed by atoms with Crippen molar-refractivity contribution >= 4 is 0 Å². The predicted molar refractivity (Wildman–Crippen MR) is 62.0 cm³/mol. The van der Waals surface area contributed by atoms with E-state index in [9.17, 15) is 0 Å². The molecule has 0 aromatic heterocycles. The van der Waals surface area contributed by atoms with Crippen molar-refractivity contribution in [3.05, 3.63) is 35.9 Å². The van der Waals surface area contributed by atoms with E-state index in [4.69, 9.17) is 5.73 Å². The molecule has 0 fully saturated rings. The molecule has 2 N–H and O–H groups in total. The van der Waals surface area contributed by atoms with Crippen molar-refractivity contribution in [2.24, 2.45) is 17.6 Å². The van der Waals surface area contributed by atoms with Crippen molar-refractivity contribution in [3.8, 4) is 0 Å². The Morgan fingerprint density at radius 2 is 1.71 bits per heavy atom. The highest BCUT2D eigenvalue weighted by Gasteiger charge is 2.20. The number of rotatable bonds is 4. The maximum Gasteiger partial charge on any atom is 0.0325 e. The van der Waals surface area contributed by atoms with Gasteiger partial charge in [0.05, 0.1) is 0 Å². The molecule has 1 aromatic carbocycles. The van der Waals surface area contributed by atoms with E-state index in [1.54, 1.807) is 0 Å². The Hall–Kier alpha value is -0.820. The zero-order valence-corrected chi connectivity index (χ0v) is 9.40. The summed E-state index contributed by atoms with van der Waals surface area (Å²) in [5.41, 5.74) is 7.51. The van der Waals surface area contributed by atoms with Crippen LogP contribution in [0.5, 0.6) is 0 Å². The first-order valence-corrected chi connectivity index (χ1v) is 5.47. The van der Waals surface area contributed by atoms with Gasteiger partial charge in [-0.2, -0.15) is 0 Å². The van der Waals surface area contributed by atoms with Crippen molar-refractivity contribution in [1.29, 1.82) is 0 Å². The molecule has 0 bridgehead atoms. The third kappa shape index (κ3) is 2.58. The van der Waals surface area contributed by atoms with Crippen LogP contribution in [0.4, 0.5) is 0 Å². The maximum atomic E-state index is 6.25. The highest BCUT2D eigenvalue weighted by molar-refractivity contribution is 5.19. The summed E-state index contributed by atoms with van der Waals surface area (Å²) in [5.74, 6) is 1.23. The Morgan fingerprint density at radius 1 is 1.14 bits per heavy atom. The van der Waals surface area contributed by atoms with Gasteiger partial charge in [0.15, 0.2) is 0 Å². The van der Waals surface area contributed by atoms with Gasteiger partial charge in [0.25, 0.3) is 0 Å². The van der Waals surface area contributed by atoms with Crippen LogP contribution in [-0.2, 0) is 0 Å². The van der Waals surface area contributed by atoms with Crippen molar-refractivity contribution in [3.63, 3.8) is 0 Å². The molecule has 14 heavy (non-hydrogen) atoms. The normalized spacial score (nSPS) is 15.5. The molecule has 78 valence electrons. The molecule has 2 atom stereocenters. The Kier molecular flexibility index (Phi) is 4.15. The summed E-state index contributed by atoms with van der Waals surface area (Å²) in [6, 6.07) is 10.6. The molecule has 1 rings (SSSR count). The minimum absolute atomic E-state index is 0.182. The van der Waals surface area contributed by atoms with Crippen LogP contribution in [0, 0.1) is 11.8 Å². The van der Waals surface area contributed by atoms with Gasteiger partial charge in [-0.3, -0.25) is 0 Å². The van der Waals surface area contributed by atoms with E-state index in [-0.39, 0.29) is 6.04 Å². The summed E-state index contributed by atoms with van der Waals surface area (Å²) in [6.45, 7) is 6.71. The second-order valence-electron chi connectivity index (χ2n) is 4.25. The fourth-order valence-corrected chi connectivity index (χ4v) is 2.06. The van der Waals surface area contributed by atoms with Gasteiger partial charge >= 0.3 is 0 Å². The third-order valence-corrected chi connectivity index (χ3v) is 2.97. The molecule has 0 aliphatic heterocycles. The van der Waals surface area contributed by atoms with Gasteiger partial charge in [-0.05, 0) is 17.4 Å². The van der Waals surface area contributed by atoms with Crippen molar-refractivity contribution in [1.82, 2.24) is 0 Å². The summed E-state index contributed by atoms with van der Waals surface area (Å²) in [5, 5.41) is 0. The molecule has 0 saturated carbocycles. The third-order valence-electron chi connectivity index (χ3n) is 2.97. The monoisotopic (exact) mass is 191 g/mol. The Morgan fingerprint density at radius 3 is 2.14 bits per heavy atom. The van der Waals surface area contributed by atoms with Crippen molar-refractivity contribution in [2.75, 3.05) is 0 Å². The number of hydrogen-bond acceptors (Lipinski definition) is 1. The van der Waals surface area contributed by atoms with Gasteiger partial charge in [0.1, 0.15) is 0 Å². The molecule has 0 spiro atoms. The molecule has 1 heteroatoms. The van der Waals surface area contributed by atoms with Crippen LogP contribution >= 0.6 is 0 Å². The summed E-state index contributed by atoms with van der Waals surface area (Å²) in [4.78, 5) is 0. The minimum Gasteiger partial charge on any atom is -0.324 e. The van der Waals surface area contributed by atoms with Crippen LogP contribution in [0.2, 0.25) is 0 Å². The van der Waals surface area contributed by atoms with E-state index < -0.39 is 0 Å². The Bertz CT molecular complexity index is 253. The summed E-state index contributed by atoms with van der Waals surface area (Å²) >= 11 is 0. The lowest BCUT2D eigenvalue weighted by molar-refractivity contribution is 0.312. The van der Waals surface area contributed by atoms with Gasteiger partial charge in [0.2, 0.25) is 0 Å². The topological polar surface area (TPSA) is 26.0 Å². The average molecular weight is 191 g/mol. The van der Waals surface area contributed by atoms with E-state index in [0.717, 1.165) is 6.42 Å². The van der Waals surface area contributed by atoms with Crippen molar-refractivity contribution in [2.45, 2.75) is 33.2 Å². The standard InChI is InChI=1S/C13H21N/c1-4-12(10(2)3)13(14)11-8-6-5-7-9-11/h5-10,12-13H,4,14H2,1-3H3. The number of benzene rings is 1. The SMILES string of the molecule is CCC(C(C)C)C(N)c1ccccc1. The molecule has 0 aliphatic rings. The first-order valence-electron chi connectivity index (χ1n) is 5.47. The van der Waals surface area contributed by atoms with E-state index in [1.807, 2.05) is 6.07 Å². The van der Waals surface area contributed by atoms with E-state index >= 15 is 0 Å². The van der Waals surface area contributed by atoms with Gasteiger partial charge in [-0.1, -0.05) is 57.5 Å². The molecular formula is C13H21N. The fraction of sp³-hybridized carbons (Fsp3) is 0.538. The second kappa shape index (κ2) is 5.16. The van der Waals surface area contributed by atoms with E-state index in [1.165, 1.54) is 5.56 Å². The summed E-state index contributed by atoms with van der Waals surface area (Å²) in [7, 11) is 0. The van der Waals surface area contributed by atoms with Crippen LogP contribution in [0.15, 0.2) is 30.3 Å². The maximum absolute atomic E-state index is 6.25. The quantitative estimate of drug-likeness (QED) is 0.776. The number of nitrogens with two attached hydrogens (primary N) is 1. The summed E-state index contributed by atoms with van der Waals surface area (Å²) in [6.07, 6.45) is 1.15. The zero-order chi connectivity index (χ0) is 10.6. The molecule has 0 amide bonds.